The molecule has 0 bridgehead atoms. The molecule has 4 heteroatoms. The monoisotopic (exact) mass is 390 g/mol. The van der Waals surface area contributed by atoms with Crippen LogP contribution < -0.4 is 0 Å². The van der Waals surface area contributed by atoms with E-state index in [4.69, 9.17) is 11.6 Å². The average molecular weight is 391 g/mol. The Balaban J connectivity index is 1.37. The van der Waals surface area contributed by atoms with Gasteiger partial charge in [0, 0.05) is 29.2 Å². The standard InChI is InChI=1S/C24H23ClN2O/c25-22-8-6-18(7-9-22)21-10-13-26-23(16-21)17-27-14-11-20(12-15-27)24(28)19-4-2-1-3-5-19/h1-10,13,16,20H,11-12,14-15,17H2. The Morgan fingerprint density at radius 3 is 2.39 bits per heavy atom. The summed E-state index contributed by atoms with van der Waals surface area (Å²) in [5.74, 6) is 0.412. The quantitative estimate of drug-likeness (QED) is 0.539. The van der Waals surface area contributed by atoms with Crippen molar-refractivity contribution in [3.8, 4) is 11.1 Å². The number of halogens is 1. The average Bonchev–Trinajstić information content (AvgIpc) is 2.75. The lowest BCUT2D eigenvalue weighted by Gasteiger charge is -2.31. The van der Waals surface area contributed by atoms with E-state index < -0.39 is 0 Å². The van der Waals surface area contributed by atoms with Gasteiger partial charge in [-0.05, 0) is 61.3 Å². The van der Waals surface area contributed by atoms with Crippen LogP contribution in [0.1, 0.15) is 28.9 Å². The molecule has 1 aliphatic rings. The van der Waals surface area contributed by atoms with Crippen LogP contribution in [-0.4, -0.2) is 28.8 Å². The molecule has 3 aromatic rings. The summed E-state index contributed by atoms with van der Waals surface area (Å²) >= 11 is 5.99. The predicted molar refractivity (Wildman–Crippen MR) is 113 cm³/mol. The van der Waals surface area contributed by atoms with E-state index in [9.17, 15) is 4.79 Å². The van der Waals surface area contributed by atoms with E-state index >= 15 is 0 Å². The zero-order valence-corrected chi connectivity index (χ0v) is 16.5. The Kier molecular flexibility index (Phi) is 5.84. The van der Waals surface area contributed by atoms with Crippen LogP contribution in [0.15, 0.2) is 72.9 Å². The number of pyridine rings is 1. The van der Waals surface area contributed by atoms with Crippen LogP contribution in [0.25, 0.3) is 11.1 Å². The normalized spacial score (nSPS) is 15.5. The van der Waals surface area contributed by atoms with E-state index in [2.05, 4.69) is 16.0 Å². The van der Waals surface area contributed by atoms with Crippen molar-refractivity contribution >= 4 is 17.4 Å². The minimum absolute atomic E-state index is 0.131. The van der Waals surface area contributed by atoms with E-state index in [-0.39, 0.29) is 11.7 Å². The largest absolute Gasteiger partial charge is 0.297 e. The van der Waals surface area contributed by atoms with Crippen LogP contribution >= 0.6 is 11.6 Å². The molecule has 0 amide bonds. The fourth-order valence-corrected chi connectivity index (χ4v) is 3.93. The number of hydrogen-bond acceptors (Lipinski definition) is 3. The van der Waals surface area contributed by atoms with Gasteiger partial charge in [0.2, 0.25) is 0 Å². The summed E-state index contributed by atoms with van der Waals surface area (Å²) in [7, 11) is 0. The van der Waals surface area contributed by atoms with Gasteiger partial charge in [0.1, 0.15) is 0 Å². The summed E-state index contributed by atoms with van der Waals surface area (Å²) in [5.41, 5.74) is 4.18. The lowest BCUT2D eigenvalue weighted by molar-refractivity contribution is 0.0834. The maximum absolute atomic E-state index is 12.6. The molecular formula is C24H23ClN2O. The second kappa shape index (κ2) is 8.68. The maximum atomic E-state index is 12.6. The Morgan fingerprint density at radius 1 is 0.964 bits per heavy atom. The highest BCUT2D eigenvalue weighted by atomic mass is 35.5. The lowest BCUT2D eigenvalue weighted by atomic mass is 9.89. The molecule has 1 aliphatic heterocycles. The molecule has 1 fully saturated rings. The highest BCUT2D eigenvalue weighted by Crippen LogP contribution is 2.25. The van der Waals surface area contributed by atoms with Crippen LogP contribution in [0.5, 0.6) is 0 Å². The molecule has 0 radical (unpaired) electrons. The fraction of sp³-hybridized carbons (Fsp3) is 0.250. The van der Waals surface area contributed by atoms with Crippen LogP contribution in [0, 0.1) is 5.92 Å². The van der Waals surface area contributed by atoms with E-state index in [0.717, 1.165) is 59.9 Å². The van der Waals surface area contributed by atoms with Gasteiger partial charge in [0.05, 0.1) is 5.69 Å². The second-order valence-corrected chi connectivity index (χ2v) is 7.76. The first-order chi connectivity index (χ1) is 13.7. The van der Waals surface area contributed by atoms with Crippen molar-refractivity contribution in [2.45, 2.75) is 19.4 Å². The minimum atomic E-state index is 0.131. The van der Waals surface area contributed by atoms with Gasteiger partial charge < -0.3 is 0 Å². The van der Waals surface area contributed by atoms with Gasteiger partial charge in [0.15, 0.2) is 5.78 Å². The molecule has 0 atom stereocenters. The van der Waals surface area contributed by atoms with Crippen LogP contribution in [0.2, 0.25) is 5.02 Å². The van der Waals surface area contributed by atoms with E-state index in [1.54, 1.807) is 0 Å². The second-order valence-electron chi connectivity index (χ2n) is 7.32. The first kappa shape index (κ1) is 18.9. The van der Waals surface area contributed by atoms with Crippen molar-refractivity contribution in [2.24, 2.45) is 5.92 Å². The minimum Gasteiger partial charge on any atom is -0.297 e. The third-order valence-corrected chi connectivity index (χ3v) is 5.65. The third-order valence-electron chi connectivity index (χ3n) is 5.40. The Hall–Kier alpha value is -2.49. The highest BCUT2D eigenvalue weighted by Gasteiger charge is 2.25. The van der Waals surface area contributed by atoms with Gasteiger partial charge in [-0.1, -0.05) is 54.1 Å². The molecule has 0 saturated carbocycles. The molecule has 0 aliphatic carbocycles. The van der Waals surface area contributed by atoms with Gasteiger partial charge in [0.25, 0.3) is 0 Å². The first-order valence-electron chi connectivity index (χ1n) is 9.71. The Morgan fingerprint density at radius 2 is 1.68 bits per heavy atom. The van der Waals surface area contributed by atoms with E-state index in [1.165, 1.54) is 0 Å². The Labute approximate surface area is 171 Å². The molecule has 2 heterocycles. The molecule has 1 saturated heterocycles. The van der Waals surface area contributed by atoms with Crippen molar-refractivity contribution in [3.63, 3.8) is 0 Å². The number of carbonyl (C=O) groups excluding carboxylic acids is 1. The topological polar surface area (TPSA) is 33.2 Å². The van der Waals surface area contributed by atoms with Crippen LogP contribution in [0.4, 0.5) is 0 Å². The van der Waals surface area contributed by atoms with Crippen molar-refractivity contribution in [1.82, 2.24) is 9.88 Å². The summed E-state index contributed by atoms with van der Waals surface area (Å²) in [6, 6.07) is 21.7. The van der Waals surface area contributed by atoms with Crippen molar-refractivity contribution < 1.29 is 4.79 Å². The lowest BCUT2D eigenvalue weighted by Crippen LogP contribution is -2.36. The van der Waals surface area contributed by atoms with Crippen molar-refractivity contribution in [2.75, 3.05) is 13.1 Å². The molecular weight excluding hydrogens is 368 g/mol. The fourth-order valence-electron chi connectivity index (χ4n) is 3.81. The molecule has 0 spiro atoms. The summed E-state index contributed by atoms with van der Waals surface area (Å²) in [4.78, 5) is 19.6. The maximum Gasteiger partial charge on any atom is 0.166 e. The molecule has 2 aromatic carbocycles. The zero-order chi connectivity index (χ0) is 19.3. The number of Topliss-reactive ketones (excluding diaryl/α,β-unsaturated/α-hetero) is 1. The molecule has 1 aromatic heterocycles. The van der Waals surface area contributed by atoms with Gasteiger partial charge in [-0.15, -0.1) is 0 Å². The molecule has 3 nitrogen and oxygen atoms in total. The highest BCUT2D eigenvalue weighted by molar-refractivity contribution is 6.30. The van der Waals surface area contributed by atoms with E-state index in [1.807, 2.05) is 66.9 Å². The summed E-state index contributed by atoms with van der Waals surface area (Å²) in [5, 5.41) is 0.742. The van der Waals surface area contributed by atoms with Crippen molar-refractivity contribution in [3.05, 3.63) is 89.2 Å². The number of rotatable bonds is 5. The summed E-state index contributed by atoms with van der Waals surface area (Å²) in [6.45, 7) is 2.67. The first-order valence-corrected chi connectivity index (χ1v) is 10.1. The number of ketones is 1. The van der Waals surface area contributed by atoms with Gasteiger partial charge in [-0.3, -0.25) is 14.7 Å². The zero-order valence-electron chi connectivity index (χ0n) is 15.7. The molecule has 4 rings (SSSR count). The van der Waals surface area contributed by atoms with Gasteiger partial charge >= 0.3 is 0 Å². The smallest absolute Gasteiger partial charge is 0.166 e. The molecule has 0 unspecified atom stereocenters. The summed E-state index contributed by atoms with van der Waals surface area (Å²) in [6.07, 6.45) is 3.68. The number of nitrogens with zero attached hydrogens (tertiary/aromatic N) is 2. The van der Waals surface area contributed by atoms with Crippen LogP contribution in [-0.2, 0) is 6.54 Å². The Bertz CT molecular complexity index is 932. The predicted octanol–water partition coefficient (Wildman–Crippen LogP) is 5.50. The number of piperidine rings is 1. The van der Waals surface area contributed by atoms with Crippen LogP contribution in [0.3, 0.4) is 0 Å². The number of carbonyl (C=O) groups is 1. The number of hydrogen-bond donors (Lipinski definition) is 0. The summed E-state index contributed by atoms with van der Waals surface area (Å²) < 4.78 is 0. The SMILES string of the molecule is O=C(c1ccccc1)C1CCN(Cc2cc(-c3ccc(Cl)cc3)ccn2)CC1. The van der Waals surface area contributed by atoms with Crippen molar-refractivity contribution in [1.29, 1.82) is 0 Å². The molecule has 0 N–H and O–H groups in total. The molecule has 28 heavy (non-hydrogen) atoms. The van der Waals surface area contributed by atoms with Gasteiger partial charge in [-0.2, -0.15) is 0 Å². The number of benzene rings is 2. The van der Waals surface area contributed by atoms with Gasteiger partial charge in [-0.25, -0.2) is 0 Å². The van der Waals surface area contributed by atoms with E-state index in [0.29, 0.717) is 0 Å². The molecule has 142 valence electrons. The number of aromatic nitrogens is 1. The third kappa shape index (κ3) is 4.49. The number of likely N-dealkylation sites (tertiary alicyclic amines) is 1.